The second-order valence-corrected chi connectivity index (χ2v) is 2.29. The Morgan fingerprint density at radius 2 is 2.62 bits per heavy atom. The molecule has 1 rings (SSSR count). The van der Waals surface area contributed by atoms with E-state index in [1.165, 1.54) is 12.8 Å². The fourth-order valence-electron chi connectivity index (χ4n) is 1.02. The maximum Gasteiger partial charge on any atom is -0.0131 e. The summed E-state index contributed by atoms with van der Waals surface area (Å²) in [7, 11) is 0. The maximum atomic E-state index is 3.68. The van der Waals surface area contributed by atoms with Crippen LogP contribution in [0.3, 0.4) is 0 Å². The lowest BCUT2D eigenvalue weighted by atomic mass is 10.3. The molecule has 44 valence electrons. The van der Waals surface area contributed by atoms with Gasteiger partial charge in [0.2, 0.25) is 0 Å². The summed E-state index contributed by atoms with van der Waals surface area (Å²) in [5, 5.41) is 0. The van der Waals surface area contributed by atoms with Gasteiger partial charge in [0.25, 0.3) is 0 Å². The predicted octanol–water partition coefficient (Wildman–Crippen LogP) is 2.53. The smallest absolute Gasteiger partial charge is 0.0131 e. The van der Waals surface area contributed by atoms with Gasteiger partial charge in [-0.2, -0.15) is 0 Å². The van der Waals surface area contributed by atoms with E-state index in [1.807, 2.05) is 6.08 Å². The van der Waals surface area contributed by atoms with E-state index in [0.29, 0.717) is 0 Å². The van der Waals surface area contributed by atoms with Gasteiger partial charge < -0.3 is 0 Å². The SMILES string of the molecule is C=CCC1CC1=CC. The molecule has 1 unspecified atom stereocenters. The van der Waals surface area contributed by atoms with Crippen LogP contribution in [0.4, 0.5) is 0 Å². The Labute approximate surface area is 50.9 Å². The van der Waals surface area contributed by atoms with Gasteiger partial charge >= 0.3 is 0 Å². The Bertz CT molecular complexity index is 120. The highest BCUT2D eigenvalue weighted by Crippen LogP contribution is 2.40. The Kier molecular flexibility index (Phi) is 1.52. The first-order valence-corrected chi connectivity index (χ1v) is 3.14. The van der Waals surface area contributed by atoms with E-state index in [1.54, 1.807) is 5.57 Å². The van der Waals surface area contributed by atoms with Crippen LogP contribution in [0.15, 0.2) is 24.3 Å². The van der Waals surface area contributed by atoms with Gasteiger partial charge in [0.15, 0.2) is 0 Å². The highest BCUT2D eigenvalue weighted by molar-refractivity contribution is 5.23. The molecule has 0 aromatic carbocycles. The van der Waals surface area contributed by atoms with Crippen LogP contribution in [-0.4, -0.2) is 0 Å². The van der Waals surface area contributed by atoms with Crippen molar-refractivity contribution in [1.29, 1.82) is 0 Å². The van der Waals surface area contributed by atoms with E-state index in [-0.39, 0.29) is 0 Å². The third-order valence-electron chi connectivity index (χ3n) is 1.67. The number of hydrogen-bond acceptors (Lipinski definition) is 0. The molecular weight excluding hydrogens is 96.1 g/mol. The molecule has 0 spiro atoms. The average molecular weight is 108 g/mol. The maximum absolute atomic E-state index is 3.68. The molecule has 0 nitrogen and oxygen atoms in total. The van der Waals surface area contributed by atoms with E-state index in [9.17, 15) is 0 Å². The van der Waals surface area contributed by atoms with E-state index in [0.717, 1.165) is 5.92 Å². The van der Waals surface area contributed by atoms with Crippen molar-refractivity contribution in [2.75, 3.05) is 0 Å². The number of allylic oxidation sites excluding steroid dienone is 3. The van der Waals surface area contributed by atoms with Gasteiger partial charge in [-0.1, -0.05) is 17.7 Å². The molecule has 1 aliphatic carbocycles. The van der Waals surface area contributed by atoms with Crippen LogP contribution in [-0.2, 0) is 0 Å². The molecule has 1 saturated carbocycles. The first-order valence-electron chi connectivity index (χ1n) is 3.14. The van der Waals surface area contributed by atoms with E-state index in [4.69, 9.17) is 0 Å². The second kappa shape index (κ2) is 2.17. The van der Waals surface area contributed by atoms with Crippen molar-refractivity contribution in [1.82, 2.24) is 0 Å². The standard InChI is InChI=1S/C8H12/c1-3-5-8-6-7(8)4-2/h3-4,8H,1,5-6H2,2H3. The molecule has 8 heavy (non-hydrogen) atoms. The van der Waals surface area contributed by atoms with Gasteiger partial charge in [-0.25, -0.2) is 0 Å². The lowest BCUT2D eigenvalue weighted by molar-refractivity contribution is 0.895. The van der Waals surface area contributed by atoms with Gasteiger partial charge in [0.05, 0.1) is 0 Å². The zero-order chi connectivity index (χ0) is 5.98. The molecule has 0 aliphatic heterocycles. The second-order valence-electron chi connectivity index (χ2n) is 2.29. The third kappa shape index (κ3) is 1.00. The quantitative estimate of drug-likeness (QED) is 0.477. The molecule has 0 saturated heterocycles. The van der Waals surface area contributed by atoms with Gasteiger partial charge in [0.1, 0.15) is 0 Å². The minimum Gasteiger partial charge on any atom is -0.103 e. The van der Waals surface area contributed by atoms with E-state index >= 15 is 0 Å². The summed E-state index contributed by atoms with van der Waals surface area (Å²) in [6.07, 6.45) is 6.72. The van der Waals surface area contributed by atoms with Crippen LogP contribution in [0, 0.1) is 5.92 Å². The summed E-state index contributed by atoms with van der Waals surface area (Å²) in [6.45, 7) is 5.79. The molecule has 0 aromatic rings. The third-order valence-corrected chi connectivity index (χ3v) is 1.67. The number of rotatable bonds is 2. The topological polar surface area (TPSA) is 0 Å². The molecule has 0 bridgehead atoms. The summed E-state index contributed by atoms with van der Waals surface area (Å²) >= 11 is 0. The van der Waals surface area contributed by atoms with Crippen LogP contribution >= 0.6 is 0 Å². The summed E-state index contributed by atoms with van der Waals surface area (Å²) < 4.78 is 0. The van der Waals surface area contributed by atoms with Crippen LogP contribution < -0.4 is 0 Å². The molecule has 0 amide bonds. The van der Waals surface area contributed by atoms with Crippen LogP contribution in [0.5, 0.6) is 0 Å². The molecule has 0 radical (unpaired) electrons. The summed E-state index contributed by atoms with van der Waals surface area (Å²) in [6, 6.07) is 0. The Morgan fingerprint density at radius 3 is 3.00 bits per heavy atom. The minimum atomic E-state index is 0.873. The Morgan fingerprint density at radius 1 is 1.88 bits per heavy atom. The lowest BCUT2D eigenvalue weighted by Crippen LogP contribution is -1.66. The molecule has 0 heterocycles. The molecule has 1 fully saturated rings. The van der Waals surface area contributed by atoms with Crippen LogP contribution in [0.1, 0.15) is 19.8 Å². The van der Waals surface area contributed by atoms with Gasteiger partial charge in [-0.3, -0.25) is 0 Å². The van der Waals surface area contributed by atoms with Crippen molar-refractivity contribution in [2.24, 2.45) is 5.92 Å². The predicted molar refractivity (Wildman–Crippen MR) is 36.7 cm³/mol. The average Bonchev–Trinajstić information content (AvgIpc) is 2.48. The zero-order valence-corrected chi connectivity index (χ0v) is 5.35. The minimum absolute atomic E-state index is 0.873. The Balaban J connectivity index is 2.26. The fourth-order valence-corrected chi connectivity index (χ4v) is 1.02. The lowest BCUT2D eigenvalue weighted by Gasteiger charge is -1.79. The summed E-state index contributed by atoms with van der Waals surface area (Å²) in [5.74, 6) is 0.873. The van der Waals surface area contributed by atoms with E-state index < -0.39 is 0 Å². The molecule has 0 N–H and O–H groups in total. The zero-order valence-electron chi connectivity index (χ0n) is 5.35. The van der Waals surface area contributed by atoms with Gasteiger partial charge in [-0.15, -0.1) is 6.58 Å². The van der Waals surface area contributed by atoms with Crippen molar-refractivity contribution in [3.05, 3.63) is 24.3 Å². The van der Waals surface area contributed by atoms with Crippen molar-refractivity contribution < 1.29 is 0 Å². The van der Waals surface area contributed by atoms with Gasteiger partial charge in [-0.05, 0) is 25.7 Å². The Hall–Kier alpha value is -0.520. The first-order chi connectivity index (χ1) is 3.88. The van der Waals surface area contributed by atoms with Crippen LogP contribution in [0.25, 0.3) is 0 Å². The fraction of sp³-hybridized carbons (Fsp3) is 0.500. The van der Waals surface area contributed by atoms with Gasteiger partial charge in [0, 0.05) is 0 Å². The molecular formula is C8H12. The molecule has 1 aliphatic rings. The first kappa shape index (κ1) is 5.61. The molecule has 0 heteroatoms. The molecule has 1 atom stereocenters. The summed E-state index contributed by atoms with van der Waals surface area (Å²) in [5.41, 5.74) is 1.62. The molecule has 0 aromatic heterocycles. The highest BCUT2D eigenvalue weighted by Gasteiger charge is 2.26. The van der Waals surface area contributed by atoms with Crippen molar-refractivity contribution >= 4 is 0 Å². The largest absolute Gasteiger partial charge is 0.103 e. The number of hydrogen-bond donors (Lipinski definition) is 0. The van der Waals surface area contributed by atoms with Crippen LogP contribution in [0.2, 0.25) is 0 Å². The monoisotopic (exact) mass is 108 g/mol. The van der Waals surface area contributed by atoms with E-state index in [2.05, 4.69) is 19.6 Å². The van der Waals surface area contributed by atoms with Crippen molar-refractivity contribution in [3.63, 3.8) is 0 Å². The normalized spacial score (nSPS) is 30.6. The van der Waals surface area contributed by atoms with Crippen molar-refractivity contribution in [3.8, 4) is 0 Å². The van der Waals surface area contributed by atoms with Crippen molar-refractivity contribution in [2.45, 2.75) is 19.8 Å². The highest BCUT2D eigenvalue weighted by atomic mass is 14.3. The summed E-state index contributed by atoms with van der Waals surface area (Å²) in [4.78, 5) is 0.